The fourth-order valence-electron chi connectivity index (χ4n) is 9.74. The van der Waals surface area contributed by atoms with Crippen molar-refractivity contribution in [2.75, 3.05) is 13.2 Å². The molecule has 0 saturated carbocycles. The maximum absolute atomic E-state index is 12.9. The number of hydrogen-bond donors (Lipinski definition) is 0. The molecule has 0 amide bonds. The summed E-state index contributed by atoms with van der Waals surface area (Å²) < 4.78 is 16.9. The van der Waals surface area contributed by atoms with Crippen LogP contribution in [-0.4, -0.2) is 37.2 Å². The van der Waals surface area contributed by atoms with E-state index in [1.807, 2.05) is 6.08 Å². The maximum Gasteiger partial charge on any atom is 0.306 e. The Balaban J connectivity index is 4.42. The van der Waals surface area contributed by atoms with Crippen molar-refractivity contribution in [1.82, 2.24) is 0 Å². The molecule has 0 spiro atoms. The Morgan fingerprint density at radius 3 is 0.838 bits per heavy atom. The first-order valence-corrected chi connectivity index (χ1v) is 34.2. The van der Waals surface area contributed by atoms with E-state index in [0.717, 1.165) is 83.5 Å². The third-order valence-corrected chi connectivity index (χ3v) is 14.8. The van der Waals surface area contributed by atoms with Gasteiger partial charge in [-0.2, -0.15) is 0 Å². The van der Waals surface area contributed by atoms with E-state index < -0.39 is 6.10 Å². The minimum absolute atomic E-state index is 0.106. The first-order chi connectivity index (χ1) is 39.5. The molecular weight excluding hydrogens is 985 g/mol. The minimum Gasteiger partial charge on any atom is -0.462 e. The molecule has 0 aromatic carbocycles. The Bertz CT molecular complexity index is 1560. The Hall–Kier alpha value is -3.67. The first kappa shape index (κ1) is 76.3. The van der Waals surface area contributed by atoms with Crippen LogP contribution < -0.4 is 0 Å². The van der Waals surface area contributed by atoms with E-state index >= 15 is 0 Å². The molecule has 0 aliphatic rings. The van der Waals surface area contributed by atoms with Gasteiger partial charge in [0.15, 0.2) is 6.10 Å². The highest BCUT2D eigenvalue weighted by Crippen LogP contribution is 2.17. The summed E-state index contributed by atoms with van der Waals surface area (Å²) in [6.07, 6.45) is 91.5. The second-order valence-electron chi connectivity index (χ2n) is 22.7. The van der Waals surface area contributed by atoms with Crippen molar-refractivity contribution in [3.63, 3.8) is 0 Å². The molecule has 0 heterocycles. The van der Waals surface area contributed by atoms with Crippen molar-refractivity contribution in [3.05, 3.63) is 97.2 Å². The second-order valence-corrected chi connectivity index (χ2v) is 22.7. The highest BCUT2D eigenvalue weighted by molar-refractivity contribution is 5.71. The number of hydrogen-bond acceptors (Lipinski definition) is 6. The predicted molar refractivity (Wildman–Crippen MR) is 348 cm³/mol. The van der Waals surface area contributed by atoms with Gasteiger partial charge in [-0.15, -0.1) is 0 Å². The molecule has 6 heteroatoms. The number of esters is 3. The van der Waals surface area contributed by atoms with E-state index in [1.54, 1.807) is 0 Å². The minimum atomic E-state index is -0.821. The Labute approximate surface area is 496 Å². The van der Waals surface area contributed by atoms with Gasteiger partial charge in [0.05, 0.1) is 0 Å². The van der Waals surface area contributed by atoms with Gasteiger partial charge in [0, 0.05) is 19.3 Å². The van der Waals surface area contributed by atoms with E-state index in [0.29, 0.717) is 19.3 Å². The summed E-state index contributed by atoms with van der Waals surface area (Å²) in [7, 11) is 0. The Morgan fingerprint density at radius 1 is 0.263 bits per heavy atom. The summed E-state index contributed by atoms with van der Waals surface area (Å²) in [6.45, 7) is 6.48. The summed E-state index contributed by atoms with van der Waals surface area (Å²) in [4.78, 5) is 38.4. The molecule has 0 radical (unpaired) electrons. The molecule has 1 atom stereocenters. The fraction of sp³-hybridized carbons (Fsp3) is 0.743. The van der Waals surface area contributed by atoms with Crippen LogP contribution in [0.15, 0.2) is 97.2 Å². The summed E-state index contributed by atoms with van der Waals surface area (Å²) in [5.41, 5.74) is 0. The lowest BCUT2D eigenvalue weighted by atomic mass is 10.0. The third-order valence-electron chi connectivity index (χ3n) is 14.8. The van der Waals surface area contributed by atoms with Gasteiger partial charge in [0.25, 0.3) is 0 Å². The van der Waals surface area contributed by atoms with Crippen molar-refractivity contribution in [2.24, 2.45) is 0 Å². The lowest BCUT2D eigenvalue weighted by Gasteiger charge is -2.18. The number of carbonyl (C=O) groups is 3. The molecule has 80 heavy (non-hydrogen) atoms. The number of rotatable bonds is 62. The molecule has 0 fully saturated rings. The zero-order valence-electron chi connectivity index (χ0n) is 52.8. The highest BCUT2D eigenvalue weighted by Gasteiger charge is 2.19. The number of unbranched alkanes of at least 4 members (excludes halogenated alkanes) is 35. The van der Waals surface area contributed by atoms with Crippen molar-refractivity contribution in [1.29, 1.82) is 0 Å². The van der Waals surface area contributed by atoms with Crippen LogP contribution in [0, 0.1) is 0 Å². The molecule has 0 aromatic heterocycles. The second kappa shape index (κ2) is 67.8. The molecule has 1 unspecified atom stereocenters. The normalized spacial score (nSPS) is 12.7. The van der Waals surface area contributed by atoms with Gasteiger partial charge in [0.1, 0.15) is 13.2 Å². The Kier molecular flexibility index (Phi) is 64.7. The van der Waals surface area contributed by atoms with Gasteiger partial charge in [-0.3, -0.25) is 14.4 Å². The average molecular weight is 1110 g/mol. The molecule has 0 aromatic rings. The monoisotopic (exact) mass is 1110 g/mol. The van der Waals surface area contributed by atoms with E-state index in [9.17, 15) is 14.4 Å². The number of allylic oxidation sites excluding steroid dienone is 16. The van der Waals surface area contributed by atoms with Crippen LogP contribution in [0.3, 0.4) is 0 Å². The summed E-state index contributed by atoms with van der Waals surface area (Å²) >= 11 is 0. The molecule has 0 aliphatic carbocycles. The fourth-order valence-corrected chi connectivity index (χ4v) is 9.74. The van der Waals surface area contributed by atoms with Crippen LogP contribution in [0.2, 0.25) is 0 Å². The van der Waals surface area contributed by atoms with Crippen molar-refractivity contribution in [3.8, 4) is 0 Å². The lowest BCUT2D eigenvalue weighted by Crippen LogP contribution is -2.30. The molecule has 0 rings (SSSR count). The van der Waals surface area contributed by atoms with Crippen molar-refractivity contribution >= 4 is 17.9 Å². The Morgan fingerprint density at radius 2 is 0.512 bits per heavy atom. The topological polar surface area (TPSA) is 78.9 Å². The molecular formula is C74H128O6. The van der Waals surface area contributed by atoms with Crippen LogP contribution in [0.1, 0.15) is 335 Å². The summed E-state index contributed by atoms with van der Waals surface area (Å²) in [5, 5.41) is 0. The molecule has 0 bridgehead atoms. The third kappa shape index (κ3) is 65.1. The van der Waals surface area contributed by atoms with Gasteiger partial charge in [-0.1, -0.05) is 323 Å². The van der Waals surface area contributed by atoms with Gasteiger partial charge in [0.2, 0.25) is 0 Å². The predicted octanol–water partition coefficient (Wildman–Crippen LogP) is 23.6. The number of carbonyl (C=O) groups excluding carboxylic acids is 3. The molecule has 460 valence electrons. The van der Waals surface area contributed by atoms with Crippen molar-refractivity contribution < 1.29 is 28.6 Å². The zero-order chi connectivity index (χ0) is 57.8. The van der Waals surface area contributed by atoms with Gasteiger partial charge in [-0.05, 0) is 89.9 Å². The van der Waals surface area contributed by atoms with Gasteiger partial charge in [-0.25, -0.2) is 0 Å². The summed E-state index contributed by atoms with van der Waals surface area (Å²) in [5.74, 6) is -0.981. The van der Waals surface area contributed by atoms with Crippen LogP contribution in [0.4, 0.5) is 0 Å². The zero-order valence-corrected chi connectivity index (χ0v) is 52.8. The molecule has 0 N–H and O–H groups in total. The van der Waals surface area contributed by atoms with Gasteiger partial charge >= 0.3 is 17.9 Å². The van der Waals surface area contributed by atoms with E-state index in [2.05, 4.69) is 112 Å². The van der Waals surface area contributed by atoms with Gasteiger partial charge < -0.3 is 14.2 Å². The number of ether oxygens (including phenoxy) is 3. The van der Waals surface area contributed by atoms with Crippen LogP contribution in [0.25, 0.3) is 0 Å². The molecule has 6 nitrogen and oxygen atoms in total. The van der Waals surface area contributed by atoms with Crippen LogP contribution in [-0.2, 0) is 28.6 Å². The SMILES string of the molecule is CC/C=C\C/C=C\C/C=C\C/C=C\C/C=C\C/C=C\CCC(=O)OC(COC(=O)CCCCCCCCCCC/C=C\C/C=C\CCCCC)COC(=O)CCCCCCCCCCCCCCCCCCCCCCCCCC. The first-order valence-electron chi connectivity index (χ1n) is 34.2. The van der Waals surface area contributed by atoms with Crippen molar-refractivity contribution in [2.45, 2.75) is 341 Å². The van der Waals surface area contributed by atoms with Crippen LogP contribution >= 0.6 is 0 Å². The van der Waals surface area contributed by atoms with E-state index in [-0.39, 0.29) is 37.5 Å². The van der Waals surface area contributed by atoms with Crippen LogP contribution in [0.5, 0.6) is 0 Å². The molecule has 0 saturated heterocycles. The maximum atomic E-state index is 12.9. The molecule has 0 aliphatic heterocycles. The summed E-state index contributed by atoms with van der Waals surface area (Å²) in [6, 6.07) is 0. The highest BCUT2D eigenvalue weighted by atomic mass is 16.6. The standard InChI is InChI=1S/C74H128O6/c1-4-7-10-13-16-19-22-25-28-31-34-35-36-37-38-41-43-46-49-52-55-58-61-64-67-73(76)79-70-71(80-74(77)68-65-62-59-56-53-50-47-44-40-33-30-27-24-21-18-15-12-9-6-3)69-78-72(75)66-63-60-57-54-51-48-45-42-39-32-29-26-23-20-17-14-11-8-5-2/h9,12,17-18,20-21,26-27,29-30,40,44,50,53,59,62,71H,4-8,10-11,13-16,19,22-25,28,31-39,41-43,45-49,51-52,54-58,60-61,63-70H2,1-3H3/b12-9-,20-17-,21-18-,29-26-,30-27-,44-40-,53-50-,62-59-. The van der Waals surface area contributed by atoms with E-state index in [4.69, 9.17) is 14.2 Å². The van der Waals surface area contributed by atoms with E-state index in [1.165, 1.54) is 205 Å². The average Bonchev–Trinajstić information content (AvgIpc) is 3.46. The smallest absolute Gasteiger partial charge is 0.306 e. The quantitative estimate of drug-likeness (QED) is 0.0261. The lowest BCUT2D eigenvalue weighted by molar-refractivity contribution is -0.166. The largest absolute Gasteiger partial charge is 0.462 e.